The first-order valence-electron chi connectivity index (χ1n) is 9.62. The Labute approximate surface area is 178 Å². The number of rotatable bonds is 6. The van der Waals surface area contributed by atoms with E-state index in [0.717, 1.165) is 10.8 Å². The average Bonchev–Trinajstić information content (AvgIpc) is 2.78. The third kappa shape index (κ3) is 4.70. The Morgan fingerprint density at radius 3 is 2.45 bits per heavy atom. The van der Waals surface area contributed by atoms with E-state index in [1.807, 2.05) is 24.3 Å². The molecule has 0 aliphatic carbocycles. The van der Waals surface area contributed by atoms with E-state index in [1.54, 1.807) is 54.6 Å². The van der Waals surface area contributed by atoms with E-state index in [0.29, 0.717) is 16.9 Å². The molecular formula is C25H19FN2O3. The number of para-hydroxylation sites is 1. The van der Waals surface area contributed by atoms with Crippen molar-refractivity contribution in [2.24, 2.45) is 5.10 Å². The molecule has 0 aliphatic heterocycles. The Hall–Kier alpha value is -4.19. The van der Waals surface area contributed by atoms with Crippen molar-refractivity contribution in [1.29, 1.82) is 0 Å². The zero-order valence-electron chi connectivity index (χ0n) is 16.5. The van der Waals surface area contributed by atoms with Crippen LogP contribution in [0.1, 0.15) is 21.5 Å². The van der Waals surface area contributed by atoms with E-state index in [-0.39, 0.29) is 23.7 Å². The van der Waals surface area contributed by atoms with Gasteiger partial charge in [-0.25, -0.2) is 9.82 Å². The van der Waals surface area contributed by atoms with Crippen molar-refractivity contribution in [3.63, 3.8) is 0 Å². The molecule has 154 valence electrons. The van der Waals surface area contributed by atoms with Gasteiger partial charge in [-0.05, 0) is 41.1 Å². The van der Waals surface area contributed by atoms with Gasteiger partial charge in [-0.15, -0.1) is 0 Å². The molecule has 0 atom stereocenters. The lowest BCUT2D eigenvalue weighted by Gasteiger charge is -2.09. The predicted octanol–water partition coefficient (Wildman–Crippen LogP) is 5.03. The average molecular weight is 414 g/mol. The second kappa shape index (κ2) is 9.09. The number of benzene rings is 4. The molecule has 4 rings (SSSR count). The van der Waals surface area contributed by atoms with Crippen LogP contribution in [0, 0.1) is 5.82 Å². The number of ether oxygens (including phenoxy) is 1. The maximum Gasteiger partial charge on any atom is 0.275 e. The summed E-state index contributed by atoms with van der Waals surface area (Å²) in [6.45, 7) is 0.0643. The number of hydrogen-bond acceptors (Lipinski definition) is 4. The van der Waals surface area contributed by atoms with Gasteiger partial charge in [0.2, 0.25) is 0 Å². The van der Waals surface area contributed by atoms with Crippen LogP contribution in [0.3, 0.4) is 0 Å². The fourth-order valence-corrected chi connectivity index (χ4v) is 3.12. The van der Waals surface area contributed by atoms with Gasteiger partial charge in [-0.1, -0.05) is 54.6 Å². The van der Waals surface area contributed by atoms with Crippen LogP contribution in [0.15, 0.2) is 90.0 Å². The fourth-order valence-electron chi connectivity index (χ4n) is 3.12. The number of carbonyl (C=O) groups excluding carboxylic acids is 1. The van der Waals surface area contributed by atoms with Crippen LogP contribution in [-0.2, 0) is 6.61 Å². The highest BCUT2D eigenvalue weighted by Gasteiger charge is 2.12. The zero-order valence-corrected chi connectivity index (χ0v) is 16.5. The SMILES string of the molecule is O=C(NN=Cc1ccccc1OCc1ccccc1F)c1cc2ccccc2cc1O. The number of halogens is 1. The highest BCUT2D eigenvalue weighted by Crippen LogP contribution is 2.25. The summed E-state index contributed by atoms with van der Waals surface area (Å²) >= 11 is 0. The molecule has 4 aromatic carbocycles. The molecule has 0 heterocycles. The number of carbonyl (C=O) groups is 1. The first kappa shape index (κ1) is 20.1. The molecule has 0 aromatic heterocycles. The standard InChI is InChI=1S/C25H19FN2O3/c26-22-11-5-3-10-20(22)16-31-24-12-6-4-9-19(24)15-27-28-25(30)21-13-17-7-1-2-8-18(17)14-23(21)29/h1-15,29H,16H2,(H,28,30). The number of phenols is 1. The Balaban J connectivity index is 1.46. The maximum absolute atomic E-state index is 13.8. The third-order valence-electron chi connectivity index (χ3n) is 4.74. The summed E-state index contributed by atoms with van der Waals surface area (Å²) in [6.07, 6.45) is 1.44. The Bertz CT molecular complexity index is 1270. The van der Waals surface area contributed by atoms with Crippen LogP contribution in [0.2, 0.25) is 0 Å². The Kier molecular flexibility index (Phi) is 5.89. The predicted molar refractivity (Wildman–Crippen MR) is 118 cm³/mol. The molecule has 2 N–H and O–H groups in total. The van der Waals surface area contributed by atoms with E-state index >= 15 is 0 Å². The third-order valence-corrected chi connectivity index (χ3v) is 4.74. The Morgan fingerprint density at radius 1 is 0.968 bits per heavy atom. The van der Waals surface area contributed by atoms with Gasteiger partial charge in [0.1, 0.15) is 23.9 Å². The number of hydrogen-bond donors (Lipinski definition) is 2. The van der Waals surface area contributed by atoms with Crippen molar-refractivity contribution in [3.8, 4) is 11.5 Å². The van der Waals surface area contributed by atoms with E-state index in [2.05, 4.69) is 10.5 Å². The van der Waals surface area contributed by atoms with Gasteiger partial charge in [0.25, 0.3) is 5.91 Å². The summed E-state index contributed by atoms with van der Waals surface area (Å²) in [4.78, 5) is 12.5. The summed E-state index contributed by atoms with van der Waals surface area (Å²) in [7, 11) is 0. The monoisotopic (exact) mass is 414 g/mol. The lowest BCUT2D eigenvalue weighted by Crippen LogP contribution is -2.17. The minimum Gasteiger partial charge on any atom is -0.507 e. The highest BCUT2D eigenvalue weighted by molar-refractivity contribution is 6.01. The molecule has 6 heteroatoms. The molecule has 0 unspecified atom stereocenters. The van der Waals surface area contributed by atoms with Gasteiger partial charge in [0.15, 0.2) is 0 Å². The summed E-state index contributed by atoms with van der Waals surface area (Å²) in [5, 5.41) is 15.8. The second-order valence-corrected chi connectivity index (χ2v) is 6.83. The van der Waals surface area contributed by atoms with Crippen molar-refractivity contribution >= 4 is 22.9 Å². The molecule has 0 fully saturated rings. The van der Waals surface area contributed by atoms with Gasteiger partial charge >= 0.3 is 0 Å². The highest BCUT2D eigenvalue weighted by atomic mass is 19.1. The molecule has 1 amide bonds. The van der Waals surface area contributed by atoms with Crippen LogP contribution < -0.4 is 10.2 Å². The van der Waals surface area contributed by atoms with Crippen LogP contribution in [0.25, 0.3) is 10.8 Å². The normalized spacial score (nSPS) is 11.0. The number of nitrogens with one attached hydrogen (secondary N) is 1. The number of fused-ring (bicyclic) bond motifs is 1. The molecule has 5 nitrogen and oxygen atoms in total. The smallest absolute Gasteiger partial charge is 0.275 e. The summed E-state index contributed by atoms with van der Waals surface area (Å²) in [6, 6.07) is 24.1. The second-order valence-electron chi connectivity index (χ2n) is 6.83. The molecule has 0 aliphatic rings. The van der Waals surface area contributed by atoms with Crippen molar-refractivity contribution in [1.82, 2.24) is 5.43 Å². The van der Waals surface area contributed by atoms with E-state index in [1.165, 1.54) is 12.3 Å². The van der Waals surface area contributed by atoms with Gasteiger partial charge < -0.3 is 9.84 Å². The molecular weight excluding hydrogens is 395 g/mol. The molecule has 0 bridgehead atoms. The number of aromatic hydroxyl groups is 1. The molecule has 31 heavy (non-hydrogen) atoms. The van der Waals surface area contributed by atoms with Crippen molar-refractivity contribution in [3.05, 3.63) is 107 Å². The minimum atomic E-state index is -0.538. The number of nitrogens with zero attached hydrogens (tertiary/aromatic N) is 1. The van der Waals surface area contributed by atoms with E-state index in [4.69, 9.17) is 4.74 Å². The first-order valence-corrected chi connectivity index (χ1v) is 9.62. The Morgan fingerprint density at radius 2 is 1.65 bits per heavy atom. The molecule has 0 saturated heterocycles. The van der Waals surface area contributed by atoms with Crippen molar-refractivity contribution < 1.29 is 19.0 Å². The lowest BCUT2D eigenvalue weighted by molar-refractivity contribution is 0.0952. The largest absolute Gasteiger partial charge is 0.507 e. The van der Waals surface area contributed by atoms with Crippen LogP contribution in [0.4, 0.5) is 4.39 Å². The number of amides is 1. The zero-order chi connectivity index (χ0) is 21.6. The topological polar surface area (TPSA) is 70.9 Å². The van der Waals surface area contributed by atoms with Crippen LogP contribution in [0.5, 0.6) is 11.5 Å². The summed E-state index contributed by atoms with van der Waals surface area (Å²) in [5.74, 6) is -0.502. The fraction of sp³-hybridized carbons (Fsp3) is 0.0400. The van der Waals surface area contributed by atoms with Crippen molar-refractivity contribution in [2.75, 3.05) is 0 Å². The molecule has 0 saturated carbocycles. The van der Waals surface area contributed by atoms with Gasteiger partial charge in [-0.3, -0.25) is 4.79 Å². The quantitative estimate of drug-likeness (QED) is 0.343. The first-order chi connectivity index (χ1) is 15.1. The van der Waals surface area contributed by atoms with Crippen LogP contribution in [-0.4, -0.2) is 17.2 Å². The van der Waals surface area contributed by atoms with Gasteiger partial charge in [0.05, 0.1) is 11.8 Å². The van der Waals surface area contributed by atoms with E-state index in [9.17, 15) is 14.3 Å². The lowest BCUT2D eigenvalue weighted by atomic mass is 10.1. The van der Waals surface area contributed by atoms with Gasteiger partial charge in [-0.2, -0.15) is 5.10 Å². The van der Waals surface area contributed by atoms with Gasteiger partial charge in [0, 0.05) is 11.1 Å². The van der Waals surface area contributed by atoms with Crippen LogP contribution >= 0.6 is 0 Å². The summed E-state index contributed by atoms with van der Waals surface area (Å²) in [5.41, 5.74) is 3.60. The minimum absolute atomic E-state index is 0.0643. The van der Waals surface area contributed by atoms with E-state index < -0.39 is 5.91 Å². The number of hydrazone groups is 1. The molecule has 4 aromatic rings. The molecule has 0 spiro atoms. The maximum atomic E-state index is 13.8. The summed E-state index contributed by atoms with van der Waals surface area (Å²) < 4.78 is 19.5. The molecule has 0 radical (unpaired) electrons. The van der Waals surface area contributed by atoms with Crippen molar-refractivity contribution in [2.45, 2.75) is 6.61 Å². The number of phenolic OH excluding ortho intramolecular Hbond substituents is 1.